The molecule has 0 fully saturated rings. The largest absolute Gasteiger partial charge is 0.359 e. The van der Waals surface area contributed by atoms with Crippen molar-refractivity contribution in [2.45, 2.75) is 4.90 Å². The molecule has 0 spiro atoms. The van der Waals surface area contributed by atoms with E-state index in [0.29, 0.717) is 23.8 Å². The number of H-pyrrole nitrogens is 1. The second kappa shape index (κ2) is 11.6. The van der Waals surface area contributed by atoms with Crippen molar-refractivity contribution < 1.29 is 26.8 Å². The van der Waals surface area contributed by atoms with Crippen LogP contribution in [0, 0.1) is 11.9 Å². The zero-order valence-corrected chi connectivity index (χ0v) is 21.8. The zero-order chi connectivity index (χ0) is 28.2. The van der Waals surface area contributed by atoms with Gasteiger partial charge >= 0.3 is 0 Å². The summed E-state index contributed by atoms with van der Waals surface area (Å²) in [5.74, 6) is -1.53. The molecule has 5 rings (SSSR count). The Morgan fingerprint density at radius 3 is 2.00 bits per heavy atom. The quantitative estimate of drug-likeness (QED) is 0.205. The van der Waals surface area contributed by atoms with Crippen molar-refractivity contribution in [3.05, 3.63) is 107 Å². The van der Waals surface area contributed by atoms with Crippen molar-refractivity contribution in [2.75, 3.05) is 0 Å². The molecule has 0 saturated heterocycles. The number of nitrogens with one attached hydrogen (secondary N) is 1. The summed E-state index contributed by atoms with van der Waals surface area (Å²) in [6.07, 6.45) is 8.60. The molecule has 0 aliphatic carbocycles. The van der Waals surface area contributed by atoms with Gasteiger partial charge in [0.05, 0.1) is 43.7 Å². The van der Waals surface area contributed by atoms with Gasteiger partial charge in [-0.05, 0) is 36.4 Å². The molecule has 0 radical (unpaired) electrons. The molecule has 0 aromatic carbocycles. The Labute approximate surface area is 230 Å². The van der Waals surface area contributed by atoms with E-state index in [1.54, 1.807) is 6.07 Å². The van der Waals surface area contributed by atoms with Crippen molar-refractivity contribution in [1.29, 1.82) is 0 Å². The van der Waals surface area contributed by atoms with Crippen LogP contribution in [-0.2, 0) is 10.0 Å². The second-order valence-corrected chi connectivity index (χ2v) is 10.2. The van der Waals surface area contributed by atoms with Gasteiger partial charge in [0.15, 0.2) is 12.6 Å². The van der Waals surface area contributed by atoms with Gasteiger partial charge in [-0.1, -0.05) is 23.2 Å². The summed E-state index contributed by atoms with van der Waals surface area (Å²) in [6.45, 7) is 0. The molecule has 0 aliphatic heterocycles. The summed E-state index contributed by atoms with van der Waals surface area (Å²) in [6, 6.07) is 8.67. The Hall–Kier alpha value is -4.26. The highest BCUT2D eigenvalue weighted by molar-refractivity contribution is 7.90. The SMILES string of the molecule is O=Cc1c[nH]c(-c2cccnc2F)c1Cl.O=Cc1cn(S(=O)(=O)c2cccnc2)c(-c2cccnc2F)c1Cl. The van der Waals surface area contributed by atoms with Crippen LogP contribution in [0.4, 0.5) is 8.78 Å². The number of aldehydes is 2. The van der Waals surface area contributed by atoms with Crippen LogP contribution in [0.2, 0.25) is 10.0 Å². The molecular formula is C25H15Cl2F2N5O4S. The molecule has 198 valence electrons. The molecule has 5 aromatic heterocycles. The third-order valence-electron chi connectivity index (χ3n) is 5.27. The van der Waals surface area contributed by atoms with Crippen LogP contribution in [0.1, 0.15) is 20.7 Å². The van der Waals surface area contributed by atoms with Crippen molar-refractivity contribution in [2.24, 2.45) is 0 Å². The summed E-state index contributed by atoms with van der Waals surface area (Å²) in [7, 11) is -4.13. The molecule has 0 aliphatic rings. The third-order valence-corrected chi connectivity index (χ3v) is 7.72. The van der Waals surface area contributed by atoms with Crippen LogP contribution in [-0.4, -0.2) is 44.9 Å². The topological polar surface area (TPSA) is 128 Å². The number of carbonyl (C=O) groups excluding carboxylic acids is 2. The molecule has 0 saturated carbocycles. The van der Waals surface area contributed by atoms with Crippen LogP contribution in [0.15, 0.2) is 78.5 Å². The van der Waals surface area contributed by atoms with Gasteiger partial charge in [-0.3, -0.25) is 14.6 Å². The van der Waals surface area contributed by atoms with Crippen LogP contribution in [0.3, 0.4) is 0 Å². The van der Waals surface area contributed by atoms with E-state index < -0.39 is 21.9 Å². The molecule has 39 heavy (non-hydrogen) atoms. The van der Waals surface area contributed by atoms with Gasteiger partial charge in [0.2, 0.25) is 11.9 Å². The highest BCUT2D eigenvalue weighted by atomic mass is 35.5. The average molecular weight is 590 g/mol. The zero-order valence-electron chi connectivity index (χ0n) is 19.4. The number of carbonyl (C=O) groups is 2. The number of pyridine rings is 3. The molecule has 0 atom stereocenters. The maximum atomic E-state index is 14.1. The maximum absolute atomic E-state index is 14.1. The van der Waals surface area contributed by atoms with Gasteiger partial charge in [0.1, 0.15) is 4.90 Å². The van der Waals surface area contributed by atoms with Crippen LogP contribution in [0.5, 0.6) is 0 Å². The van der Waals surface area contributed by atoms with Crippen LogP contribution in [0.25, 0.3) is 22.5 Å². The summed E-state index contributed by atoms with van der Waals surface area (Å²) >= 11 is 12.0. The van der Waals surface area contributed by atoms with Gasteiger partial charge in [0, 0.05) is 37.2 Å². The van der Waals surface area contributed by atoms with Gasteiger partial charge in [-0.25, -0.2) is 22.4 Å². The van der Waals surface area contributed by atoms with Crippen molar-refractivity contribution in [3.8, 4) is 22.5 Å². The normalized spacial score (nSPS) is 11.0. The number of aromatic nitrogens is 5. The van der Waals surface area contributed by atoms with Gasteiger partial charge < -0.3 is 4.98 Å². The van der Waals surface area contributed by atoms with Gasteiger partial charge in [-0.15, -0.1) is 0 Å². The summed E-state index contributed by atoms with van der Waals surface area (Å²) in [4.78, 5) is 35.1. The van der Waals surface area contributed by atoms with E-state index in [1.807, 2.05) is 0 Å². The highest BCUT2D eigenvalue weighted by Crippen LogP contribution is 2.35. The average Bonchev–Trinajstić information content (AvgIpc) is 3.49. The van der Waals surface area contributed by atoms with Gasteiger partial charge in [-0.2, -0.15) is 8.78 Å². The van der Waals surface area contributed by atoms with E-state index in [2.05, 4.69) is 19.9 Å². The first kappa shape index (κ1) is 27.8. The Morgan fingerprint density at radius 2 is 1.46 bits per heavy atom. The first-order valence-electron chi connectivity index (χ1n) is 10.8. The number of hydrogen-bond acceptors (Lipinski definition) is 7. The van der Waals surface area contributed by atoms with E-state index in [9.17, 15) is 26.8 Å². The minimum Gasteiger partial charge on any atom is -0.359 e. The molecule has 9 nitrogen and oxygen atoms in total. The fourth-order valence-corrected chi connectivity index (χ4v) is 5.39. The predicted molar refractivity (Wildman–Crippen MR) is 139 cm³/mol. The monoisotopic (exact) mass is 589 g/mol. The second-order valence-electron chi connectivity index (χ2n) is 7.59. The lowest BCUT2D eigenvalue weighted by Crippen LogP contribution is -2.14. The van der Waals surface area contributed by atoms with Crippen LogP contribution < -0.4 is 0 Å². The maximum Gasteiger partial charge on any atom is 0.269 e. The molecule has 1 N–H and O–H groups in total. The minimum absolute atomic E-state index is 0.0811. The number of rotatable bonds is 6. The van der Waals surface area contributed by atoms with E-state index in [-0.39, 0.29) is 37.3 Å². The fraction of sp³-hybridized carbons (Fsp3) is 0. The summed E-state index contributed by atoms with van der Waals surface area (Å²) < 4.78 is 53.8. The Balaban J connectivity index is 0.000000202. The highest BCUT2D eigenvalue weighted by Gasteiger charge is 2.27. The summed E-state index contributed by atoms with van der Waals surface area (Å²) in [5.41, 5.74) is 0.522. The molecule has 0 bridgehead atoms. The molecule has 5 heterocycles. The van der Waals surface area contributed by atoms with E-state index in [1.165, 1.54) is 55.1 Å². The lowest BCUT2D eigenvalue weighted by Gasteiger charge is -2.11. The molecule has 14 heteroatoms. The predicted octanol–water partition coefficient (Wildman–Crippen LogP) is 5.47. The first-order valence-corrected chi connectivity index (χ1v) is 13.0. The molecule has 0 unspecified atom stereocenters. The lowest BCUT2D eigenvalue weighted by atomic mass is 10.2. The van der Waals surface area contributed by atoms with E-state index in [4.69, 9.17) is 23.2 Å². The number of hydrogen-bond donors (Lipinski definition) is 1. The van der Waals surface area contributed by atoms with Crippen LogP contribution >= 0.6 is 23.2 Å². The number of aromatic amines is 1. The number of nitrogens with zero attached hydrogens (tertiary/aromatic N) is 4. The molecular weight excluding hydrogens is 575 g/mol. The van der Waals surface area contributed by atoms with Crippen molar-refractivity contribution >= 4 is 45.8 Å². The van der Waals surface area contributed by atoms with Gasteiger partial charge in [0.25, 0.3) is 10.0 Å². The molecule has 5 aromatic rings. The lowest BCUT2D eigenvalue weighted by molar-refractivity contribution is 0.111. The Morgan fingerprint density at radius 1 is 0.846 bits per heavy atom. The smallest absolute Gasteiger partial charge is 0.269 e. The minimum atomic E-state index is -4.13. The fourth-order valence-electron chi connectivity index (χ4n) is 3.44. The Bertz CT molecular complexity index is 1780. The molecule has 0 amide bonds. The third kappa shape index (κ3) is 5.48. The van der Waals surface area contributed by atoms with Crippen molar-refractivity contribution in [3.63, 3.8) is 0 Å². The Kier molecular flexibility index (Phi) is 8.29. The number of halogens is 4. The van der Waals surface area contributed by atoms with E-state index >= 15 is 0 Å². The summed E-state index contributed by atoms with van der Waals surface area (Å²) in [5, 5.41) is 0.0289. The first-order chi connectivity index (χ1) is 18.7. The van der Waals surface area contributed by atoms with E-state index in [0.717, 1.165) is 16.4 Å². The standard InChI is InChI=1S/C15H9ClFN3O3S.C10H6ClFN2O/c16-13-10(9-21)8-20(14(13)12-4-2-6-19-15(12)17)24(22,23)11-3-1-5-18-7-11;11-8-6(5-15)4-14-9(8)7-2-1-3-13-10(7)12/h1-9H;1-5,14H. The van der Waals surface area contributed by atoms with Crippen molar-refractivity contribution in [1.82, 2.24) is 23.9 Å².